The molecule has 46 heavy (non-hydrogen) atoms. The summed E-state index contributed by atoms with van der Waals surface area (Å²) in [5, 5.41) is 2.88. The van der Waals surface area contributed by atoms with Gasteiger partial charge in [0.15, 0.2) is 0 Å². The maximum absolute atomic E-state index is 7.03. The second kappa shape index (κ2) is 13.6. The number of benzene rings is 5. The molecule has 1 unspecified atom stereocenters. The minimum Gasteiger partial charge on any atom is -0.497 e. The molecule has 1 N–H and O–H groups in total. The molecule has 0 saturated carbocycles. The van der Waals surface area contributed by atoms with Gasteiger partial charge in [-0.3, -0.25) is 0 Å². The number of nitrogens with zero attached hydrogens (tertiary/aromatic N) is 1. The number of nitrogens with one attached hydrogen (secondary N) is 1. The molecule has 5 aromatic rings. The van der Waals surface area contributed by atoms with Gasteiger partial charge in [0.25, 0.3) is 8.53 Å². The van der Waals surface area contributed by atoms with Crippen LogP contribution < -0.4 is 20.6 Å². The molecule has 5 nitrogen and oxygen atoms in total. The lowest BCUT2D eigenvalue weighted by molar-refractivity contribution is 0.111. The first-order valence-electron chi connectivity index (χ1n) is 16.2. The van der Waals surface area contributed by atoms with Gasteiger partial charge in [0.2, 0.25) is 0 Å². The van der Waals surface area contributed by atoms with E-state index < -0.39 is 22.1 Å². The Labute approximate surface area is 275 Å². The number of hydrogen-bond donors (Lipinski definition) is 1. The zero-order valence-corrected chi connectivity index (χ0v) is 28.4. The Kier molecular flexibility index (Phi) is 9.19. The number of fused-ring (bicyclic) bond motifs is 1. The van der Waals surface area contributed by atoms with E-state index >= 15 is 0 Å². The zero-order valence-electron chi connectivity index (χ0n) is 26.5. The van der Waals surface area contributed by atoms with Gasteiger partial charge in [-0.1, -0.05) is 150 Å². The van der Waals surface area contributed by atoms with Crippen molar-refractivity contribution in [2.24, 2.45) is 0 Å². The van der Waals surface area contributed by atoms with Crippen molar-refractivity contribution in [3.63, 3.8) is 0 Å². The minimum atomic E-state index is -2.11. The largest absolute Gasteiger partial charge is 0.497 e. The molecule has 0 aromatic heterocycles. The van der Waals surface area contributed by atoms with Gasteiger partial charge in [-0.25, -0.2) is 9.29 Å². The Balaban J connectivity index is 1.23. The third-order valence-electron chi connectivity index (χ3n) is 9.78. The summed E-state index contributed by atoms with van der Waals surface area (Å²) in [5.74, 6) is 0.815. The van der Waals surface area contributed by atoms with Crippen LogP contribution in [0, 0.1) is 0 Å². The second-order valence-electron chi connectivity index (χ2n) is 12.4. The van der Waals surface area contributed by atoms with Crippen molar-refractivity contribution in [2.45, 2.75) is 43.1 Å². The van der Waals surface area contributed by atoms with Crippen molar-refractivity contribution < 1.29 is 13.9 Å². The lowest BCUT2D eigenvalue weighted by atomic mass is 9.78. The molecular formula is C39H41N2O3PSi. The van der Waals surface area contributed by atoms with Gasteiger partial charge in [0, 0.05) is 12.6 Å². The first-order valence-corrected chi connectivity index (χ1v) is 20.0. The van der Waals surface area contributed by atoms with Gasteiger partial charge in [0.1, 0.15) is 19.4 Å². The Bertz CT molecular complexity index is 1620. The van der Waals surface area contributed by atoms with Crippen LogP contribution in [-0.4, -0.2) is 38.5 Å². The molecule has 2 aliphatic rings. The highest BCUT2D eigenvalue weighted by Crippen LogP contribution is 2.57. The smallest absolute Gasteiger partial charge is 0.277 e. The van der Waals surface area contributed by atoms with E-state index in [9.17, 15) is 0 Å². The van der Waals surface area contributed by atoms with E-state index in [1.807, 2.05) is 12.1 Å². The summed E-state index contributed by atoms with van der Waals surface area (Å²) in [4.78, 5) is 0. The first-order chi connectivity index (χ1) is 22.6. The molecule has 0 bridgehead atoms. The lowest BCUT2D eigenvalue weighted by Crippen LogP contribution is -2.58. The molecule has 0 spiro atoms. The highest BCUT2D eigenvalue weighted by Gasteiger charge is 2.51. The molecule has 2 fully saturated rings. The molecule has 2 aliphatic heterocycles. The number of hydroxylamine groups is 1. The molecular weight excluding hydrogens is 604 g/mol. The predicted molar refractivity (Wildman–Crippen MR) is 190 cm³/mol. The average Bonchev–Trinajstić information content (AvgIpc) is 3.74. The molecule has 0 radical (unpaired) electrons. The Morgan fingerprint density at radius 3 is 1.76 bits per heavy atom. The molecule has 7 rings (SSSR count). The van der Waals surface area contributed by atoms with Crippen LogP contribution >= 0.6 is 8.53 Å². The fourth-order valence-electron chi connectivity index (χ4n) is 7.27. The predicted octanol–water partition coefficient (Wildman–Crippen LogP) is 7.49. The minimum absolute atomic E-state index is 0.0938. The second-order valence-corrected chi connectivity index (χ2v) is 18.0. The fourth-order valence-corrected chi connectivity index (χ4v) is 13.0. The van der Waals surface area contributed by atoms with E-state index in [0.717, 1.165) is 47.9 Å². The number of ether oxygens (including phenoxy) is 1. The molecule has 0 amide bonds. The van der Waals surface area contributed by atoms with Gasteiger partial charge in [0.05, 0.1) is 13.2 Å². The Hall–Kier alpha value is -3.61. The van der Waals surface area contributed by atoms with Crippen molar-refractivity contribution in [1.82, 2.24) is 10.2 Å². The van der Waals surface area contributed by atoms with E-state index in [-0.39, 0.29) is 6.10 Å². The molecule has 234 valence electrons. The maximum atomic E-state index is 7.03. The highest BCUT2D eigenvalue weighted by atomic mass is 31.2. The standard InChI is InChI=1S/C39H41N2O3PSi/c1-42-34-27-25-33(26-28-34)39(31-16-7-3-8-17-31,32-18-9-4-10-19-32)40-44-45-41-29-15-24-37(41)38(43-45)30-46(2,35-20-11-5-12-21-35)36-22-13-6-14-23-36/h3-14,16-23,25-28,37-38,40H,15,24,29-30H2,1-2H3/t37-,38+,45?/m0/s1. The molecule has 2 saturated heterocycles. The average molecular weight is 645 g/mol. The Morgan fingerprint density at radius 2 is 1.24 bits per heavy atom. The van der Waals surface area contributed by atoms with Crippen molar-refractivity contribution in [3.05, 3.63) is 162 Å². The van der Waals surface area contributed by atoms with Gasteiger partial charge in [-0.05, 0) is 47.7 Å². The van der Waals surface area contributed by atoms with Gasteiger partial charge in [-0.15, -0.1) is 0 Å². The Morgan fingerprint density at radius 1 is 0.739 bits per heavy atom. The van der Waals surface area contributed by atoms with Crippen LogP contribution in [0.25, 0.3) is 0 Å². The molecule has 7 heteroatoms. The van der Waals surface area contributed by atoms with Crippen molar-refractivity contribution in [1.29, 1.82) is 0 Å². The van der Waals surface area contributed by atoms with Crippen LogP contribution in [0.3, 0.4) is 0 Å². The summed E-state index contributed by atoms with van der Waals surface area (Å²) < 4.78 is 21.9. The van der Waals surface area contributed by atoms with Crippen LogP contribution in [0.4, 0.5) is 0 Å². The maximum Gasteiger partial charge on any atom is 0.277 e. The summed E-state index contributed by atoms with van der Waals surface area (Å²) in [6.45, 7) is 3.48. The van der Waals surface area contributed by atoms with E-state index in [2.05, 4.69) is 150 Å². The first kappa shape index (κ1) is 31.0. The van der Waals surface area contributed by atoms with Crippen molar-refractivity contribution >= 4 is 27.0 Å². The molecule has 5 aromatic carbocycles. The normalized spacial score (nSPS) is 20.0. The summed E-state index contributed by atoms with van der Waals surface area (Å²) >= 11 is 0. The third kappa shape index (κ3) is 5.86. The van der Waals surface area contributed by atoms with E-state index in [0.29, 0.717) is 6.04 Å². The van der Waals surface area contributed by atoms with Gasteiger partial charge in [-0.2, -0.15) is 5.48 Å². The number of rotatable bonds is 11. The van der Waals surface area contributed by atoms with Gasteiger partial charge >= 0.3 is 0 Å². The van der Waals surface area contributed by atoms with Crippen molar-refractivity contribution in [2.75, 3.05) is 13.7 Å². The van der Waals surface area contributed by atoms with Gasteiger partial charge < -0.3 is 9.26 Å². The highest BCUT2D eigenvalue weighted by molar-refractivity contribution is 7.44. The quantitative estimate of drug-likeness (QED) is 0.0699. The van der Waals surface area contributed by atoms with Crippen LogP contribution in [-0.2, 0) is 14.7 Å². The summed E-state index contributed by atoms with van der Waals surface area (Å²) in [6.07, 6.45) is 2.38. The third-order valence-corrected chi connectivity index (χ3v) is 15.8. The van der Waals surface area contributed by atoms with Crippen LogP contribution in [0.5, 0.6) is 5.75 Å². The lowest BCUT2D eigenvalue weighted by Gasteiger charge is -2.37. The molecule has 2 heterocycles. The van der Waals surface area contributed by atoms with E-state index in [1.54, 1.807) is 7.11 Å². The summed E-state index contributed by atoms with van der Waals surface area (Å²) in [6, 6.07) is 52.9. The van der Waals surface area contributed by atoms with Crippen LogP contribution in [0.1, 0.15) is 29.5 Å². The topological polar surface area (TPSA) is 43.0 Å². The zero-order chi connectivity index (χ0) is 31.4. The monoisotopic (exact) mass is 644 g/mol. The molecule has 3 atom stereocenters. The van der Waals surface area contributed by atoms with E-state index in [4.69, 9.17) is 13.9 Å². The number of hydrogen-bond acceptors (Lipinski definition) is 5. The van der Waals surface area contributed by atoms with Crippen LogP contribution in [0.15, 0.2) is 146 Å². The molecule has 0 aliphatic carbocycles. The van der Waals surface area contributed by atoms with Crippen LogP contribution in [0.2, 0.25) is 12.6 Å². The summed E-state index contributed by atoms with van der Waals surface area (Å²) in [5.41, 5.74) is 6.11. The number of methoxy groups -OCH3 is 1. The summed E-state index contributed by atoms with van der Waals surface area (Å²) in [7, 11) is -1.75. The van der Waals surface area contributed by atoms with E-state index in [1.165, 1.54) is 10.4 Å². The van der Waals surface area contributed by atoms with Crippen molar-refractivity contribution in [3.8, 4) is 5.75 Å². The SMILES string of the molecule is COc1ccc(C(NOP2O[C@H](C[Si](C)(c3ccccc3)c3ccccc3)[C@@H]3CCCN32)(c2ccccc2)c2ccccc2)cc1. The fraction of sp³-hybridized carbons (Fsp3) is 0.231.